The molecule has 0 aliphatic heterocycles. The van der Waals surface area contributed by atoms with Gasteiger partial charge in [0.05, 0.1) is 17.7 Å². The van der Waals surface area contributed by atoms with Gasteiger partial charge in [-0.3, -0.25) is 0 Å². The third kappa shape index (κ3) is 3.44. The zero-order valence-corrected chi connectivity index (χ0v) is 9.86. The van der Waals surface area contributed by atoms with E-state index in [2.05, 4.69) is 15.9 Å². The summed E-state index contributed by atoms with van der Waals surface area (Å²) in [7, 11) is 0. The van der Waals surface area contributed by atoms with Crippen LogP contribution in [0.25, 0.3) is 0 Å². The minimum Gasteiger partial charge on any atom is -0.394 e. The molecular weight excluding hydrogens is 277 g/mol. The van der Waals surface area contributed by atoms with E-state index in [9.17, 15) is 0 Å². The van der Waals surface area contributed by atoms with Crippen LogP contribution in [0.2, 0.25) is 5.02 Å². The molecule has 0 aliphatic carbocycles. The summed E-state index contributed by atoms with van der Waals surface area (Å²) in [4.78, 5) is 0. The minimum atomic E-state index is -0.335. The number of benzene rings is 1. The van der Waals surface area contributed by atoms with Crippen LogP contribution in [0.15, 0.2) is 22.7 Å². The van der Waals surface area contributed by atoms with E-state index in [4.69, 9.17) is 22.4 Å². The molecule has 1 aromatic rings. The number of hydrogen-bond donors (Lipinski definition) is 2. The molecule has 0 aliphatic rings. The molecular formula is C8H10BrCl2NO. The van der Waals surface area contributed by atoms with Gasteiger partial charge in [-0.1, -0.05) is 17.7 Å². The van der Waals surface area contributed by atoms with Crippen LogP contribution >= 0.6 is 39.9 Å². The van der Waals surface area contributed by atoms with E-state index >= 15 is 0 Å². The molecule has 0 saturated carbocycles. The molecule has 5 heteroatoms. The van der Waals surface area contributed by atoms with Crippen LogP contribution in [0.1, 0.15) is 11.6 Å². The minimum absolute atomic E-state index is 0. The first kappa shape index (κ1) is 13.2. The fraction of sp³-hybridized carbons (Fsp3) is 0.250. The van der Waals surface area contributed by atoms with Crippen LogP contribution in [0.3, 0.4) is 0 Å². The van der Waals surface area contributed by atoms with Gasteiger partial charge >= 0.3 is 0 Å². The predicted octanol–water partition coefficient (Wildman–Crippen LogP) is 2.52. The summed E-state index contributed by atoms with van der Waals surface area (Å²) < 4.78 is 0.797. The van der Waals surface area contributed by atoms with E-state index in [0.717, 1.165) is 10.0 Å². The van der Waals surface area contributed by atoms with Gasteiger partial charge in [0, 0.05) is 4.47 Å². The van der Waals surface area contributed by atoms with Crippen molar-refractivity contribution in [3.8, 4) is 0 Å². The lowest BCUT2D eigenvalue weighted by atomic mass is 10.1. The van der Waals surface area contributed by atoms with Crippen molar-refractivity contribution < 1.29 is 5.11 Å². The molecule has 1 atom stereocenters. The molecule has 0 aromatic heterocycles. The first-order chi connectivity index (χ1) is 5.65. The molecule has 0 spiro atoms. The third-order valence-corrected chi connectivity index (χ3v) is 2.78. The second-order valence-electron chi connectivity index (χ2n) is 2.46. The highest BCUT2D eigenvalue weighted by atomic mass is 79.9. The van der Waals surface area contributed by atoms with Crippen LogP contribution in [-0.4, -0.2) is 11.7 Å². The van der Waals surface area contributed by atoms with Crippen LogP contribution in [0.4, 0.5) is 0 Å². The molecule has 0 saturated heterocycles. The highest BCUT2D eigenvalue weighted by Gasteiger charge is 2.05. The van der Waals surface area contributed by atoms with Crippen LogP contribution in [-0.2, 0) is 0 Å². The predicted molar refractivity (Wildman–Crippen MR) is 60.4 cm³/mol. The summed E-state index contributed by atoms with van der Waals surface area (Å²) in [5.41, 5.74) is 6.47. The second-order valence-corrected chi connectivity index (χ2v) is 3.72. The molecule has 13 heavy (non-hydrogen) atoms. The Morgan fingerprint density at radius 3 is 2.62 bits per heavy atom. The number of hydrogen-bond acceptors (Lipinski definition) is 2. The molecule has 1 aromatic carbocycles. The molecule has 0 unspecified atom stereocenters. The lowest BCUT2D eigenvalue weighted by Gasteiger charge is -2.08. The Kier molecular flexibility index (Phi) is 5.92. The normalized spacial score (nSPS) is 12.0. The summed E-state index contributed by atoms with van der Waals surface area (Å²) in [6, 6.07) is 5.02. The largest absolute Gasteiger partial charge is 0.394 e. The van der Waals surface area contributed by atoms with E-state index in [1.165, 1.54) is 0 Å². The molecule has 2 nitrogen and oxygen atoms in total. The number of rotatable bonds is 2. The molecule has 3 N–H and O–H groups in total. The fourth-order valence-electron chi connectivity index (χ4n) is 0.848. The van der Waals surface area contributed by atoms with Crippen molar-refractivity contribution >= 4 is 39.9 Å². The Bertz CT molecular complexity index is 283. The summed E-state index contributed by atoms with van der Waals surface area (Å²) in [6.45, 7) is -0.0614. The Labute approximate surface area is 96.6 Å². The monoisotopic (exact) mass is 285 g/mol. The SMILES string of the molecule is Cl.N[C@H](CO)c1ccc(Cl)c(Br)c1. The Morgan fingerprint density at radius 2 is 2.15 bits per heavy atom. The molecule has 0 bridgehead atoms. The van der Waals surface area contributed by atoms with Gasteiger partial charge in [0.25, 0.3) is 0 Å². The van der Waals surface area contributed by atoms with Crippen molar-refractivity contribution in [1.82, 2.24) is 0 Å². The molecule has 74 valence electrons. The number of aliphatic hydroxyl groups excluding tert-OH is 1. The maximum Gasteiger partial charge on any atom is 0.0624 e. The number of halogens is 3. The van der Waals surface area contributed by atoms with Crippen molar-refractivity contribution in [3.05, 3.63) is 33.3 Å². The Balaban J connectivity index is 0.00000144. The van der Waals surface area contributed by atoms with Gasteiger partial charge in [-0.05, 0) is 33.6 Å². The zero-order chi connectivity index (χ0) is 9.14. The molecule has 0 radical (unpaired) electrons. The lowest BCUT2D eigenvalue weighted by Crippen LogP contribution is -2.14. The average Bonchev–Trinajstić information content (AvgIpc) is 2.08. The maximum atomic E-state index is 8.78. The Morgan fingerprint density at radius 1 is 1.54 bits per heavy atom. The van der Waals surface area contributed by atoms with Crippen LogP contribution in [0.5, 0.6) is 0 Å². The highest BCUT2D eigenvalue weighted by molar-refractivity contribution is 9.10. The van der Waals surface area contributed by atoms with E-state index in [-0.39, 0.29) is 25.1 Å². The molecule has 0 amide bonds. The first-order valence-corrected chi connectivity index (χ1v) is 4.63. The van der Waals surface area contributed by atoms with Gasteiger partial charge in [0.2, 0.25) is 0 Å². The van der Waals surface area contributed by atoms with Crippen molar-refractivity contribution in [2.75, 3.05) is 6.61 Å². The van der Waals surface area contributed by atoms with Gasteiger partial charge in [0.15, 0.2) is 0 Å². The van der Waals surface area contributed by atoms with E-state index < -0.39 is 0 Å². The summed E-state index contributed by atoms with van der Waals surface area (Å²) in [6.07, 6.45) is 0. The van der Waals surface area contributed by atoms with Gasteiger partial charge in [0.1, 0.15) is 0 Å². The standard InChI is InChI=1S/C8H9BrClNO.ClH/c9-6-3-5(8(11)4-12)1-2-7(6)10;/h1-3,8,12H,4,11H2;1H/t8-;/m1./s1. The molecule has 1 rings (SSSR count). The van der Waals surface area contributed by atoms with Crippen molar-refractivity contribution in [2.24, 2.45) is 5.73 Å². The quantitative estimate of drug-likeness (QED) is 0.878. The summed E-state index contributed by atoms with van der Waals surface area (Å²) in [5, 5.41) is 9.42. The van der Waals surface area contributed by atoms with Crippen molar-refractivity contribution in [2.45, 2.75) is 6.04 Å². The van der Waals surface area contributed by atoms with E-state index in [1.807, 2.05) is 6.07 Å². The van der Waals surface area contributed by atoms with Gasteiger partial charge < -0.3 is 10.8 Å². The second kappa shape index (κ2) is 5.83. The van der Waals surface area contributed by atoms with Crippen LogP contribution < -0.4 is 5.73 Å². The van der Waals surface area contributed by atoms with E-state index in [1.54, 1.807) is 12.1 Å². The summed E-state index contributed by atoms with van der Waals surface area (Å²) in [5.74, 6) is 0. The number of nitrogens with two attached hydrogens (primary N) is 1. The lowest BCUT2D eigenvalue weighted by molar-refractivity contribution is 0.268. The smallest absolute Gasteiger partial charge is 0.0624 e. The average molecular weight is 287 g/mol. The highest BCUT2D eigenvalue weighted by Crippen LogP contribution is 2.25. The summed E-state index contributed by atoms with van der Waals surface area (Å²) >= 11 is 9.05. The zero-order valence-electron chi connectivity index (χ0n) is 6.71. The first-order valence-electron chi connectivity index (χ1n) is 3.46. The van der Waals surface area contributed by atoms with Gasteiger partial charge in [-0.25, -0.2) is 0 Å². The van der Waals surface area contributed by atoms with Gasteiger partial charge in [-0.2, -0.15) is 0 Å². The topological polar surface area (TPSA) is 46.2 Å². The molecule has 0 fully saturated rings. The third-order valence-electron chi connectivity index (χ3n) is 1.57. The number of aliphatic hydroxyl groups is 1. The fourth-order valence-corrected chi connectivity index (χ4v) is 1.36. The Hall–Kier alpha value is 0.200. The molecule has 0 heterocycles. The van der Waals surface area contributed by atoms with Crippen molar-refractivity contribution in [1.29, 1.82) is 0 Å². The van der Waals surface area contributed by atoms with E-state index in [0.29, 0.717) is 5.02 Å². The van der Waals surface area contributed by atoms with Crippen LogP contribution in [0, 0.1) is 0 Å². The van der Waals surface area contributed by atoms with Crippen molar-refractivity contribution in [3.63, 3.8) is 0 Å². The maximum absolute atomic E-state index is 8.78. The van der Waals surface area contributed by atoms with Gasteiger partial charge in [-0.15, -0.1) is 12.4 Å².